The number of hydrogen-bond donors (Lipinski definition) is 2. The Kier molecular flexibility index (Phi) is 4.18. The summed E-state index contributed by atoms with van der Waals surface area (Å²) in [6, 6.07) is 9.56. The largest absolute Gasteiger partial charge is 0.496 e. The van der Waals surface area contributed by atoms with E-state index >= 15 is 0 Å². The van der Waals surface area contributed by atoms with Crippen molar-refractivity contribution >= 4 is 11.7 Å². The van der Waals surface area contributed by atoms with Crippen LogP contribution in [0.15, 0.2) is 36.4 Å². The van der Waals surface area contributed by atoms with E-state index in [-0.39, 0.29) is 17.0 Å². The summed E-state index contributed by atoms with van der Waals surface area (Å²) < 4.78 is 15.9. The summed E-state index contributed by atoms with van der Waals surface area (Å²) in [6.07, 6.45) is 0. The van der Waals surface area contributed by atoms with E-state index in [2.05, 4.69) is 0 Å². The lowest BCUT2D eigenvalue weighted by atomic mass is 10.1. The maximum atomic E-state index is 11.1. The molecule has 2 rings (SSSR count). The second-order valence-corrected chi connectivity index (χ2v) is 4.17. The molecule has 0 saturated heterocycles. The summed E-state index contributed by atoms with van der Waals surface area (Å²) in [5, 5.41) is 9.04. The van der Waals surface area contributed by atoms with Crippen molar-refractivity contribution in [1.82, 2.24) is 0 Å². The molecule has 3 N–H and O–H groups in total. The first-order valence-electron chi connectivity index (χ1n) is 6.08. The van der Waals surface area contributed by atoms with Crippen LogP contribution >= 0.6 is 0 Å². The first kappa shape index (κ1) is 14.5. The molecule has 21 heavy (non-hydrogen) atoms. The zero-order valence-electron chi connectivity index (χ0n) is 11.6. The molecular formula is C15H15NO5. The lowest BCUT2D eigenvalue weighted by Gasteiger charge is -2.12. The molecule has 0 aliphatic rings. The highest BCUT2D eigenvalue weighted by Crippen LogP contribution is 2.34. The number of carbonyl (C=O) groups is 1. The van der Waals surface area contributed by atoms with Gasteiger partial charge in [0.1, 0.15) is 17.2 Å². The molecule has 0 amide bonds. The van der Waals surface area contributed by atoms with E-state index in [4.69, 9.17) is 25.1 Å². The van der Waals surface area contributed by atoms with Crippen LogP contribution in [0.2, 0.25) is 0 Å². The van der Waals surface area contributed by atoms with Gasteiger partial charge in [-0.1, -0.05) is 6.07 Å². The van der Waals surface area contributed by atoms with Crippen LogP contribution in [0, 0.1) is 0 Å². The third-order valence-corrected chi connectivity index (χ3v) is 2.85. The molecule has 0 aliphatic heterocycles. The van der Waals surface area contributed by atoms with Crippen molar-refractivity contribution in [2.75, 3.05) is 20.0 Å². The molecule has 0 heterocycles. The molecule has 2 aromatic carbocycles. The number of nitrogen functional groups attached to an aromatic ring is 1. The number of carboxylic acids is 1. The molecule has 2 aromatic rings. The Bertz CT molecular complexity index is 647. The molecular weight excluding hydrogens is 274 g/mol. The summed E-state index contributed by atoms with van der Waals surface area (Å²) in [4.78, 5) is 11.1. The number of rotatable bonds is 5. The number of methoxy groups -OCH3 is 2. The van der Waals surface area contributed by atoms with Crippen LogP contribution in [0.5, 0.6) is 23.0 Å². The van der Waals surface area contributed by atoms with Gasteiger partial charge in [0.2, 0.25) is 0 Å². The van der Waals surface area contributed by atoms with E-state index in [1.807, 2.05) is 0 Å². The fourth-order valence-electron chi connectivity index (χ4n) is 1.79. The number of nitrogens with two attached hydrogens (primary N) is 1. The third-order valence-electron chi connectivity index (χ3n) is 2.85. The van der Waals surface area contributed by atoms with E-state index in [1.165, 1.54) is 20.3 Å². The van der Waals surface area contributed by atoms with Crippen molar-refractivity contribution in [2.45, 2.75) is 0 Å². The smallest absolute Gasteiger partial charge is 0.337 e. The standard InChI is InChI=1S/C15H15NO5/c1-19-9-6-10(20-2)8-11(7-9)21-13-5-3-4-12(14(13)16)15(17)18/h3-8H,16H2,1-2H3,(H,17,18). The Morgan fingerprint density at radius 1 is 1.05 bits per heavy atom. The second-order valence-electron chi connectivity index (χ2n) is 4.17. The molecule has 0 atom stereocenters. The van der Waals surface area contributed by atoms with Crippen LogP contribution in [-0.2, 0) is 0 Å². The average Bonchev–Trinajstić information content (AvgIpc) is 2.48. The fraction of sp³-hybridized carbons (Fsp3) is 0.133. The van der Waals surface area contributed by atoms with Crippen molar-refractivity contribution in [2.24, 2.45) is 0 Å². The van der Waals surface area contributed by atoms with Gasteiger partial charge in [-0.05, 0) is 12.1 Å². The summed E-state index contributed by atoms with van der Waals surface area (Å²) >= 11 is 0. The van der Waals surface area contributed by atoms with Gasteiger partial charge in [0.25, 0.3) is 0 Å². The zero-order chi connectivity index (χ0) is 15.4. The number of ether oxygens (including phenoxy) is 3. The summed E-state index contributed by atoms with van der Waals surface area (Å²) in [5.74, 6) is 0.682. The molecule has 0 fully saturated rings. The minimum absolute atomic E-state index is 0.0117. The van der Waals surface area contributed by atoms with E-state index < -0.39 is 5.97 Å². The molecule has 0 aromatic heterocycles. The van der Waals surface area contributed by atoms with Crippen molar-refractivity contribution in [3.8, 4) is 23.0 Å². The van der Waals surface area contributed by atoms with Crippen molar-refractivity contribution in [3.63, 3.8) is 0 Å². The van der Waals surface area contributed by atoms with Crippen molar-refractivity contribution in [3.05, 3.63) is 42.0 Å². The number of hydrogen-bond acceptors (Lipinski definition) is 5. The zero-order valence-corrected chi connectivity index (χ0v) is 11.6. The Labute approximate surface area is 121 Å². The highest BCUT2D eigenvalue weighted by Gasteiger charge is 2.13. The minimum atomic E-state index is -1.11. The van der Waals surface area contributed by atoms with Crippen LogP contribution in [0.25, 0.3) is 0 Å². The molecule has 6 heteroatoms. The van der Waals surface area contributed by atoms with Crippen LogP contribution in [0.4, 0.5) is 5.69 Å². The molecule has 6 nitrogen and oxygen atoms in total. The number of aromatic carboxylic acids is 1. The number of para-hydroxylation sites is 1. The topological polar surface area (TPSA) is 91.0 Å². The molecule has 110 valence electrons. The molecule has 0 spiro atoms. The summed E-state index contributed by atoms with van der Waals surface area (Å²) in [6.45, 7) is 0. The molecule has 0 radical (unpaired) electrons. The fourth-order valence-corrected chi connectivity index (χ4v) is 1.79. The first-order chi connectivity index (χ1) is 10.0. The molecule has 0 saturated carbocycles. The SMILES string of the molecule is COc1cc(OC)cc(Oc2cccc(C(=O)O)c2N)c1. The number of benzene rings is 2. The van der Waals surface area contributed by atoms with E-state index in [9.17, 15) is 4.79 Å². The van der Waals surface area contributed by atoms with Crippen molar-refractivity contribution in [1.29, 1.82) is 0 Å². The summed E-state index contributed by atoms with van der Waals surface area (Å²) in [5.41, 5.74) is 5.86. The normalized spacial score (nSPS) is 10.0. The van der Waals surface area contributed by atoms with Crippen LogP contribution in [-0.4, -0.2) is 25.3 Å². The quantitative estimate of drug-likeness (QED) is 0.822. The van der Waals surface area contributed by atoms with Gasteiger partial charge in [0.05, 0.1) is 25.5 Å². The lowest BCUT2D eigenvalue weighted by Crippen LogP contribution is -2.03. The molecule has 0 unspecified atom stereocenters. The van der Waals surface area contributed by atoms with Gasteiger partial charge in [-0.3, -0.25) is 0 Å². The Hall–Kier alpha value is -2.89. The van der Waals surface area contributed by atoms with E-state index in [1.54, 1.807) is 30.3 Å². The van der Waals surface area contributed by atoms with E-state index in [0.29, 0.717) is 17.2 Å². The number of anilines is 1. The Morgan fingerprint density at radius 2 is 1.62 bits per heavy atom. The average molecular weight is 289 g/mol. The van der Waals surface area contributed by atoms with E-state index in [0.717, 1.165) is 0 Å². The highest BCUT2D eigenvalue weighted by atomic mass is 16.5. The van der Waals surface area contributed by atoms with Gasteiger partial charge in [-0.2, -0.15) is 0 Å². The highest BCUT2D eigenvalue weighted by molar-refractivity contribution is 5.95. The number of carboxylic acid groups (broad SMARTS) is 1. The second kappa shape index (κ2) is 6.04. The van der Waals surface area contributed by atoms with Gasteiger partial charge in [0, 0.05) is 18.2 Å². The Morgan fingerprint density at radius 3 is 2.14 bits per heavy atom. The van der Waals surface area contributed by atoms with Crippen molar-refractivity contribution < 1.29 is 24.1 Å². The Balaban J connectivity index is 2.38. The minimum Gasteiger partial charge on any atom is -0.496 e. The van der Waals surface area contributed by atoms with Crippen LogP contribution in [0.1, 0.15) is 10.4 Å². The van der Waals surface area contributed by atoms with Gasteiger partial charge in [0.15, 0.2) is 5.75 Å². The summed E-state index contributed by atoms with van der Waals surface area (Å²) in [7, 11) is 3.05. The lowest BCUT2D eigenvalue weighted by molar-refractivity contribution is 0.0697. The third kappa shape index (κ3) is 3.17. The van der Waals surface area contributed by atoms with Gasteiger partial charge >= 0.3 is 5.97 Å². The van der Waals surface area contributed by atoms with Gasteiger partial charge in [-0.15, -0.1) is 0 Å². The predicted molar refractivity (Wildman–Crippen MR) is 77.4 cm³/mol. The first-order valence-corrected chi connectivity index (χ1v) is 6.08. The van der Waals surface area contributed by atoms with Crippen LogP contribution < -0.4 is 19.9 Å². The predicted octanol–water partition coefficient (Wildman–Crippen LogP) is 2.78. The monoisotopic (exact) mass is 289 g/mol. The van der Waals surface area contributed by atoms with Gasteiger partial charge < -0.3 is 25.1 Å². The maximum Gasteiger partial charge on any atom is 0.337 e. The van der Waals surface area contributed by atoms with Crippen LogP contribution in [0.3, 0.4) is 0 Å². The molecule has 0 aliphatic carbocycles. The van der Waals surface area contributed by atoms with Gasteiger partial charge in [-0.25, -0.2) is 4.79 Å². The maximum absolute atomic E-state index is 11.1. The molecule has 0 bridgehead atoms.